The predicted octanol–water partition coefficient (Wildman–Crippen LogP) is 6.54. The van der Waals surface area contributed by atoms with Crippen LogP contribution >= 0.6 is 0 Å². The van der Waals surface area contributed by atoms with Gasteiger partial charge in [-0.1, -0.05) is 38.5 Å². The Hall–Kier alpha value is -2.52. The summed E-state index contributed by atoms with van der Waals surface area (Å²) in [6.45, 7) is 30.1. The first-order chi connectivity index (χ1) is 22.0. The zero-order valence-corrected chi connectivity index (χ0v) is 30.6. The molecule has 2 fully saturated rings. The standard InChI is InChI=1S/C33H52N4O4.C3H6.C2H6/c1-7-27-20-29(40-31(38)22-34-11-15-36(16-12-34)24(2)3)33(28-10-8-9-26(6)19-28)30(21-27)41-32(39)23-35-13-17-37(18-14-35)25(4)5;1-3-2;1-2/h19-21,24-25,28H,7-18,22-23H2,1-6H3;3H,1H2,2H3;1-2H3. The van der Waals surface area contributed by atoms with Gasteiger partial charge in [0, 0.05) is 75.9 Å². The van der Waals surface area contributed by atoms with E-state index < -0.39 is 0 Å². The number of carbonyl (C=O) groups is 2. The van der Waals surface area contributed by atoms with Crippen LogP contribution in [0, 0.1) is 0 Å². The van der Waals surface area contributed by atoms with Crippen molar-refractivity contribution in [1.82, 2.24) is 19.6 Å². The van der Waals surface area contributed by atoms with E-state index in [0.717, 1.165) is 89.2 Å². The molecule has 1 atom stereocenters. The molecule has 2 saturated heterocycles. The van der Waals surface area contributed by atoms with Crippen molar-refractivity contribution in [3.05, 3.63) is 47.6 Å². The fourth-order valence-electron chi connectivity index (χ4n) is 6.28. The Balaban J connectivity index is 0.00000139. The van der Waals surface area contributed by atoms with Crippen LogP contribution < -0.4 is 9.47 Å². The molecular formula is C38H64N4O4. The SMILES string of the molecule is C=CC.CC.CCc1cc(OC(=O)CN2CCN(C(C)C)CC2)c(C2C=C(C)CCC2)c(OC(=O)CN2CCN(C(C)C)CC2)c1. The molecule has 4 rings (SSSR count). The third-order valence-corrected chi connectivity index (χ3v) is 8.94. The molecule has 0 amide bonds. The number of hydrogen-bond donors (Lipinski definition) is 0. The molecular weight excluding hydrogens is 576 g/mol. The van der Waals surface area contributed by atoms with E-state index in [1.807, 2.05) is 32.9 Å². The largest absolute Gasteiger partial charge is 0.425 e. The molecule has 3 aliphatic rings. The Morgan fingerprint density at radius 3 is 1.61 bits per heavy atom. The number of nitrogens with zero attached hydrogens (tertiary/aromatic N) is 4. The Labute approximate surface area is 280 Å². The first kappa shape index (κ1) is 39.7. The number of piperazine rings is 2. The Morgan fingerprint density at radius 1 is 0.848 bits per heavy atom. The highest BCUT2D eigenvalue weighted by molar-refractivity contribution is 5.78. The molecule has 8 nitrogen and oxygen atoms in total. The molecule has 46 heavy (non-hydrogen) atoms. The molecule has 8 heteroatoms. The Bertz CT molecular complexity index is 1050. The highest BCUT2D eigenvalue weighted by Crippen LogP contribution is 2.43. The minimum Gasteiger partial charge on any atom is -0.425 e. The van der Waals surface area contributed by atoms with Crippen LogP contribution in [0.15, 0.2) is 36.4 Å². The van der Waals surface area contributed by atoms with Crippen molar-refractivity contribution in [2.75, 3.05) is 65.4 Å². The highest BCUT2D eigenvalue weighted by atomic mass is 16.5. The summed E-state index contributed by atoms with van der Waals surface area (Å²) in [7, 11) is 0. The summed E-state index contributed by atoms with van der Waals surface area (Å²) in [5, 5.41) is 0. The minimum absolute atomic E-state index is 0.0458. The van der Waals surface area contributed by atoms with Crippen LogP contribution in [0.3, 0.4) is 0 Å². The third kappa shape index (κ3) is 12.6. The van der Waals surface area contributed by atoms with Crippen LogP contribution in [0.5, 0.6) is 11.5 Å². The molecule has 0 spiro atoms. The van der Waals surface area contributed by atoms with E-state index in [-0.39, 0.29) is 30.9 Å². The molecule has 0 radical (unpaired) electrons. The molecule has 0 N–H and O–H groups in total. The van der Waals surface area contributed by atoms with Crippen LogP contribution in [0.4, 0.5) is 0 Å². The van der Waals surface area contributed by atoms with Gasteiger partial charge in [0.05, 0.1) is 13.1 Å². The molecule has 1 aliphatic carbocycles. The van der Waals surface area contributed by atoms with Crippen LogP contribution in [-0.4, -0.2) is 109 Å². The van der Waals surface area contributed by atoms with E-state index in [4.69, 9.17) is 9.47 Å². The molecule has 2 aliphatic heterocycles. The summed E-state index contributed by atoms with van der Waals surface area (Å²) in [4.78, 5) is 35.7. The number of rotatable bonds is 10. The van der Waals surface area contributed by atoms with Gasteiger partial charge in [0.25, 0.3) is 0 Å². The van der Waals surface area contributed by atoms with Gasteiger partial charge in [-0.05, 0) is 84.9 Å². The molecule has 2 heterocycles. The minimum atomic E-state index is -0.255. The second kappa shape index (κ2) is 20.7. The number of hydrogen-bond acceptors (Lipinski definition) is 8. The van der Waals surface area contributed by atoms with Gasteiger partial charge in [0.15, 0.2) is 0 Å². The molecule has 1 aromatic carbocycles. The van der Waals surface area contributed by atoms with Gasteiger partial charge >= 0.3 is 11.9 Å². The number of aryl methyl sites for hydroxylation is 1. The summed E-state index contributed by atoms with van der Waals surface area (Å²) in [6, 6.07) is 4.98. The van der Waals surface area contributed by atoms with Gasteiger partial charge in [-0.15, -0.1) is 6.58 Å². The summed E-state index contributed by atoms with van der Waals surface area (Å²) < 4.78 is 12.3. The molecule has 1 aromatic rings. The predicted molar refractivity (Wildman–Crippen MR) is 191 cm³/mol. The van der Waals surface area contributed by atoms with E-state index in [2.05, 4.69) is 73.8 Å². The highest BCUT2D eigenvalue weighted by Gasteiger charge is 2.28. The maximum Gasteiger partial charge on any atom is 0.325 e. The lowest BCUT2D eigenvalue weighted by Crippen LogP contribution is -2.50. The fraction of sp³-hybridized carbons (Fsp3) is 0.684. The van der Waals surface area contributed by atoms with Crippen LogP contribution in [0.25, 0.3) is 0 Å². The zero-order chi connectivity index (χ0) is 34.2. The Morgan fingerprint density at radius 2 is 1.26 bits per heavy atom. The van der Waals surface area contributed by atoms with E-state index in [9.17, 15) is 9.59 Å². The second-order valence-electron chi connectivity index (χ2n) is 13.0. The quantitative estimate of drug-likeness (QED) is 0.162. The fourth-order valence-corrected chi connectivity index (χ4v) is 6.28. The lowest BCUT2D eigenvalue weighted by Gasteiger charge is -2.36. The molecule has 0 saturated carbocycles. The smallest absolute Gasteiger partial charge is 0.325 e. The van der Waals surface area contributed by atoms with Gasteiger partial charge in [-0.25, -0.2) is 0 Å². The average molecular weight is 641 g/mol. The van der Waals surface area contributed by atoms with Crippen molar-refractivity contribution in [2.24, 2.45) is 0 Å². The Kier molecular flexibility index (Phi) is 17.8. The first-order valence-corrected chi connectivity index (χ1v) is 17.8. The lowest BCUT2D eigenvalue weighted by molar-refractivity contribution is -0.136. The van der Waals surface area contributed by atoms with E-state index in [1.165, 1.54) is 5.57 Å². The zero-order valence-electron chi connectivity index (χ0n) is 30.6. The molecule has 1 unspecified atom stereocenters. The van der Waals surface area contributed by atoms with E-state index >= 15 is 0 Å². The van der Waals surface area contributed by atoms with Crippen LogP contribution in [-0.2, 0) is 16.0 Å². The van der Waals surface area contributed by atoms with Gasteiger partial charge in [0.2, 0.25) is 0 Å². The van der Waals surface area contributed by atoms with Crippen LogP contribution in [0.2, 0.25) is 0 Å². The average Bonchev–Trinajstić information content (AvgIpc) is 3.02. The number of allylic oxidation sites excluding steroid dienone is 3. The topological polar surface area (TPSA) is 65.6 Å². The maximum atomic E-state index is 13.3. The van der Waals surface area contributed by atoms with Crippen molar-refractivity contribution in [3.8, 4) is 11.5 Å². The lowest BCUT2D eigenvalue weighted by atomic mass is 9.84. The van der Waals surface area contributed by atoms with E-state index in [0.29, 0.717) is 23.6 Å². The summed E-state index contributed by atoms with van der Waals surface area (Å²) in [5.41, 5.74) is 3.14. The normalized spacial score (nSPS) is 19.8. The van der Waals surface area contributed by atoms with Gasteiger partial charge in [-0.3, -0.25) is 29.2 Å². The summed E-state index contributed by atoms with van der Waals surface area (Å²) >= 11 is 0. The van der Waals surface area contributed by atoms with Crippen molar-refractivity contribution < 1.29 is 19.1 Å². The van der Waals surface area contributed by atoms with Gasteiger partial charge in [-0.2, -0.15) is 0 Å². The molecule has 260 valence electrons. The third-order valence-electron chi connectivity index (χ3n) is 8.94. The summed E-state index contributed by atoms with van der Waals surface area (Å²) in [6.07, 6.45) is 7.83. The maximum absolute atomic E-state index is 13.3. The number of esters is 2. The van der Waals surface area contributed by atoms with Gasteiger partial charge in [0.1, 0.15) is 11.5 Å². The van der Waals surface area contributed by atoms with Crippen molar-refractivity contribution >= 4 is 11.9 Å². The first-order valence-electron chi connectivity index (χ1n) is 17.8. The molecule has 0 bridgehead atoms. The van der Waals surface area contributed by atoms with Crippen molar-refractivity contribution in [1.29, 1.82) is 0 Å². The van der Waals surface area contributed by atoms with Gasteiger partial charge < -0.3 is 9.47 Å². The monoisotopic (exact) mass is 640 g/mol. The number of carbonyl (C=O) groups excluding carboxylic acids is 2. The summed E-state index contributed by atoms with van der Waals surface area (Å²) in [5.74, 6) is 0.618. The van der Waals surface area contributed by atoms with Crippen molar-refractivity contribution in [3.63, 3.8) is 0 Å². The van der Waals surface area contributed by atoms with Crippen molar-refractivity contribution in [2.45, 2.75) is 106 Å². The molecule has 0 aromatic heterocycles. The van der Waals surface area contributed by atoms with Crippen LogP contribution in [0.1, 0.15) is 98.6 Å². The number of benzene rings is 1. The van der Waals surface area contributed by atoms with E-state index in [1.54, 1.807) is 6.08 Å². The second-order valence-corrected chi connectivity index (χ2v) is 13.0. The number of ether oxygens (including phenoxy) is 2.